The van der Waals surface area contributed by atoms with E-state index < -0.39 is 0 Å². The number of nitrogens with zero attached hydrogens (tertiary/aromatic N) is 2. The van der Waals surface area contributed by atoms with Crippen molar-refractivity contribution in [2.75, 3.05) is 5.43 Å². The molecule has 0 saturated carbocycles. The third kappa shape index (κ3) is 3.41. The molecule has 2 aromatic rings. The van der Waals surface area contributed by atoms with Gasteiger partial charge in [-0.25, -0.2) is 4.98 Å². The summed E-state index contributed by atoms with van der Waals surface area (Å²) in [5.74, 6) is 0. The Balaban J connectivity index is 2.24. The van der Waals surface area contributed by atoms with Crippen molar-refractivity contribution >= 4 is 22.2 Å². The first-order valence-electron chi connectivity index (χ1n) is 6.43. The van der Waals surface area contributed by atoms with Gasteiger partial charge < -0.3 is 0 Å². The average Bonchev–Trinajstić information content (AvgIpc) is 2.78. The molecular formula is C15H19N3S. The minimum Gasteiger partial charge on any atom is -0.253 e. The summed E-state index contributed by atoms with van der Waals surface area (Å²) in [4.78, 5) is 5.82. The van der Waals surface area contributed by atoms with E-state index >= 15 is 0 Å². The Labute approximate surface area is 118 Å². The van der Waals surface area contributed by atoms with Crippen molar-refractivity contribution in [1.82, 2.24) is 4.98 Å². The summed E-state index contributed by atoms with van der Waals surface area (Å²) in [5, 5.41) is 5.14. The fourth-order valence-electron chi connectivity index (χ4n) is 1.65. The second kappa shape index (κ2) is 5.97. The van der Waals surface area contributed by atoms with E-state index in [9.17, 15) is 0 Å². The molecule has 0 radical (unpaired) electrons. The summed E-state index contributed by atoms with van der Waals surface area (Å²) in [7, 11) is 0. The van der Waals surface area contributed by atoms with Gasteiger partial charge in [-0.15, -0.1) is 11.3 Å². The maximum atomic E-state index is 4.62. The second-order valence-electron chi connectivity index (χ2n) is 4.60. The van der Waals surface area contributed by atoms with Crippen molar-refractivity contribution in [2.45, 2.75) is 34.1 Å². The maximum absolute atomic E-state index is 4.62. The van der Waals surface area contributed by atoms with Crippen LogP contribution in [-0.4, -0.2) is 10.7 Å². The summed E-state index contributed by atoms with van der Waals surface area (Å²) >= 11 is 1.64. The highest BCUT2D eigenvalue weighted by molar-refractivity contribution is 7.15. The van der Waals surface area contributed by atoms with Crippen LogP contribution >= 0.6 is 11.3 Å². The third-order valence-electron chi connectivity index (χ3n) is 2.98. The topological polar surface area (TPSA) is 37.3 Å². The van der Waals surface area contributed by atoms with E-state index in [1.165, 1.54) is 10.4 Å². The lowest BCUT2D eigenvalue weighted by atomic mass is 10.1. The predicted octanol–water partition coefficient (Wildman–Crippen LogP) is 4.62. The van der Waals surface area contributed by atoms with Gasteiger partial charge >= 0.3 is 0 Å². The molecule has 0 aliphatic carbocycles. The number of benzene rings is 1. The van der Waals surface area contributed by atoms with Crippen LogP contribution in [0.25, 0.3) is 11.3 Å². The third-order valence-corrected chi connectivity index (χ3v) is 3.85. The molecule has 1 N–H and O–H groups in total. The fourth-order valence-corrected chi connectivity index (χ4v) is 2.42. The first-order chi connectivity index (χ1) is 9.10. The number of hydrogen-bond acceptors (Lipinski definition) is 4. The van der Waals surface area contributed by atoms with Crippen LogP contribution in [-0.2, 0) is 0 Å². The van der Waals surface area contributed by atoms with Crippen molar-refractivity contribution in [3.8, 4) is 11.3 Å². The van der Waals surface area contributed by atoms with Crippen LogP contribution in [0.4, 0.5) is 5.13 Å². The largest absolute Gasteiger partial charge is 0.253 e. The lowest BCUT2D eigenvalue weighted by Gasteiger charge is -1.99. The SMILES string of the molecule is CC/C(C)=N\Nc1nc(-c2ccc(C)cc2)c(C)s1. The van der Waals surface area contributed by atoms with Crippen LogP contribution < -0.4 is 5.43 Å². The molecule has 0 saturated heterocycles. The van der Waals surface area contributed by atoms with Crippen LogP contribution in [0.2, 0.25) is 0 Å². The lowest BCUT2D eigenvalue weighted by Crippen LogP contribution is -1.95. The molecule has 4 heteroatoms. The van der Waals surface area contributed by atoms with Crippen LogP contribution in [0.3, 0.4) is 0 Å². The van der Waals surface area contributed by atoms with Crippen molar-refractivity contribution in [3.63, 3.8) is 0 Å². The highest BCUT2D eigenvalue weighted by Crippen LogP contribution is 2.30. The first kappa shape index (κ1) is 13.7. The molecule has 0 atom stereocenters. The Bertz CT molecular complexity index is 582. The van der Waals surface area contributed by atoms with Gasteiger partial charge in [0.15, 0.2) is 0 Å². The Kier molecular flexibility index (Phi) is 4.32. The minimum atomic E-state index is 0.848. The number of aryl methyl sites for hydroxylation is 2. The number of thiazole rings is 1. The standard InChI is InChI=1S/C15H19N3S/c1-5-11(3)17-18-15-16-14(12(4)19-15)13-8-6-10(2)7-9-13/h6-9H,5H2,1-4H3,(H,16,18)/b17-11-. The number of aromatic nitrogens is 1. The van der Waals surface area contributed by atoms with Crippen LogP contribution in [0.5, 0.6) is 0 Å². The average molecular weight is 273 g/mol. The Morgan fingerprint density at radius 1 is 1.26 bits per heavy atom. The monoisotopic (exact) mass is 273 g/mol. The normalized spacial score (nSPS) is 11.7. The lowest BCUT2D eigenvalue weighted by molar-refractivity contribution is 1.20. The van der Waals surface area contributed by atoms with Gasteiger partial charge in [-0.05, 0) is 27.2 Å². The molecule has 0 spiro atoms. The molecule has 19 heavy (non-hydrogen) atoms. The molecule has 0 unspecified atom stereocenters. The van der Waals surface area contributed by atoms with Gasteiger partial charge in [0.1, 0.15) is 0 Å². The van der Waals surface area contributed by atoms with E-state index in [1.807, 2.05) is 6.92 Å². The zero-order valence-corrected chi connectivity index (χ0v) is 12.6. The summed E-state index contributed by atoms with van der Waals surface area (Å²) in [6.07, 6.45) is 0.947. The van der Waals surface area contributed by atoms with Crippen molar-refractivity contribution in [3.05, 3.63) is 34.7 Å². The summed E-state index contributed by atoms with van der Waals surface area (Å²) < 4.78 is 0. The molecule has 0 aliphatic heterocycles. The van der Waals surface area contributed by atoms with Crippen molar-refractivity contribution in [1.29, 1.82) is 0 Å². The molecule has 3 nitrogen and oxygen atoms in total. The van der Waals surface area contributed by atoms with E-state index in [2.05, 4.69) is 60.5 Å². The zero-order chi connectivity index (χ0) is 13.8. The minimum absolute atomic E-state index is 0.848. The van der Waals surface area contributed by atoms with Gasteiger partial charge in [0.2, 0.25) is 5.13 Å². The molecule has 0 aliphatic rings. The smallest absolute Gasteiger partial charge is 0.204 e. The molecule has 0 amide bonds. The Morgan fingerprint density at radius 2 is 1.95 bits per heavy atom. The molecule has 1 heterocycles. The number of anilines is 1. The van der Waals surface area contributed by atoms with Gasteiger partial charge in [-0.2, -0.15) is 5.10 Å². The van der Waals surface area contributed by atoms with Crippen molar-refractivity contribution in [2.24, 2.45) is 5.10 Å². The maximum Gasteiger partial charge on any atom is 0.204 e. The molecule has 0 fully saturated rings. The molecular weight excluding hydrogens is 254 g/mol. The number of hydrogen-bond donors (Lipinski definition) is 1. The van der Waals surface area contributed by atoms with Gasteiger partial charge in [-0.1, -0.05) is 36.8 Å². The zero-order valence-electron chi connectivity index (χ0n) is 11.8. The molecule has 1 aromatic carbocycles. The highest BCUT2D eigenvalue weighted by Gasteiger charge is 2.09. The first-order valence-corrected chi connectivity index (χ1v) is 7.25. The predicted molar refractivity (Wildman–Crippen MR) is 84.0 cm³/mol. The van der Waals surface area contributed by atoms with Gasteiger partial charge in [0, 0.05) is 16.2 Å². The van der Waals surface area contributed by atoms with Gasteiger partial charge in [0.05, 0.1) is 5.69 Å². The molecule has 1 aromatic heterocycles. The number of nitrogens with one attached hydrogen (secondary N) is 1. The van der Waals surface area contributed by atoms with Crippen LogP contribution in [0.15, 0.2) is 29.4 Å². The number of hydrazone groups is 1. The summed E-state index contributed by atoms with van der Waals surface area (Å²) in [5.41, 5.74) is 7.56. The van der Waals surface area contributed by atoms with Crippen molar-refractivity contribution < 1.29 is 0 Å². The highest BCUT2D eigenvalue weighted by atomic mass is 32.1. The Hall–Kier alpha value is -1.68. The summed E-state index contributed by atoms with van der Waals surface area (Å²) in [6, 6.07) is 8.45. The van der Waals surface area contributed by atoms with Crippen LogP contribution in [0.1, 0.15) is 30.7 Å². The molecule has 2 rings (SSSR count). The van der Waals surface area contributed by atoms with E-state index in [0.717, 1.165) is 28.5 Å². The molecule has 0 bridgehead atoms. The van der Waals surface area contributed by atoms with Crippen LogP contribution in [0, 0.1) is 13.8 Å². The van der Waals surface area contributed by atoms with E-state index in [1.54, 1.807) is 11.3 Å². The van der Waals surface area contributed by atoms with Gasteiger partial charge in [-0.3, -0.25) is 5.43 Å². The quantitative estimate of drug-likeness (QED) is 0.651. The fraction of sp³-hybridized carbons (Fsp3) is 0.333. The number of rotatable bonds is 4. The van der Waals surface area contributed by atoms with E-state index in [4.69, 9.17) is 0 Å². The Morgan fingerprint density at radius 3 is 2.58 bits per heavy atom. The summed E-state index contributed by atoms with van der Waals surface area (Å²) in [6.45, 7) is 8.28. The van der Waals surface area contributed by atoms with E-state index in [-0.39, 0.29) is 0 Å². The van der Waals surface area contributed by atoms with Gasteiger partial charge in [0.25, 0.3) is 0 Å². The molecule has 100 valence electrons. The van der Waals surface area contributed by atoms with E-state index in [0.29, 0.717) is 0 Å². The second-order valence-corrected chi connectivity index (χ2v) is 5.81.